The fraction of sp³-hybridized carbons (Fsp3) is 0.583. The molecule has 1 aromatic heterocycles. The van der Waals surface area contributed by atoms with E-state index >= 15 is 0 Å². The van der Waals surface area contributed by atoms with E-state index in [-0.39, 0.29) is 24.0 Å². The molecule has 0 aliphatic heterocycles. The Hall–Kier alpha value is -0.320. The number of halogens is 1. The summed E-state index contributed by atoms with van der Waals surface area (Å²) in [6.45, 7) is 6.00. The minimum Gasteiger partial charge on any atom is -1.00 e. The van der Waals surface area contributed by atoms with E-state index in [9.17, 15) is 0 Å². The minimum atomic E-state index is 0. The van der Waals surface area contributed by atoms with Crippen LogP contribution in [0.15, 0.2) is 31.4 Å². The molecule has 0 amide bonds. The molecule has 15 heavy (non-hydrogen) atoms. The van der Waals surface area contributed by atoms with Gasteiger partial charge in [0.1, 0.15) is 18.4 Å². The molecule has 0 aliphatic rings. The second-order valence-corrected chi connectivity index (χ2v) is 3.72. The first-order chi connectivity index (χ1) is 6.88. The molecule has 1 aromatic rings. The van der Waals surface area contributed by atoms with Gasteiger partial charge in [-0.3, -0.25) is 4.98 Å². The van der Waals surface area contributed by atoms with E-state index in [2.05, 4.69) is 29.3 Å². The lowest BCUT2D eigenvalue weighted by Crippen LogP contribution is -3.00. The quantitative estimate of drug-likeness (QED) is 0.316. The minimum absolute atomic E-state index is 0. The molecule has 1 rings (SSSR count). The zero-order valence-electron chi connectivity index (χ0n) is 9.45. The van der Waals surface area contributed by atoms with Crippen LogP contribution in [0.25, 0.3) is 0 Å². The third kappa shape index (κ3) is 5.35. The van der Waals surface area contributed by atoms with E-state index in [1.807, 2.05) is 18.6 Å². The van der Waals surface area contributed by atoms with Crippen molar-refractivity contribution in [1.29, 1.82) is 0 Å². The molecule has 86 valence electrons. The second kappa shape index (κ2) is 8.95. The molecule has 0 aromatic carbocycles. The normalized spacial score (nSPS) is 11.8. The predicted molar refractivity (Wildman–Crippen MR) is 59.0 cm³/mol. The van der Waals surface area contributed by atoms with Gasteiger partial charge < -0.3 is 24.0 Å². The van der Waals surface area contributed by atoms with Crippen LogP contribution in [0.2, 0.25) is 0 Å². The summed E-state index contributed by atoms with van der Waals surface area (Å²) in [5.74, 6) is 0. The number of nitrogens with zero attached hydrogens (tertiary/aromatic N) is 1. The van der Waals surface area contributed by atoms with Crippen LogP contribution in [-0.4, -0.2) is 4.98 Å². The Bertz CT molecular complexity index is 244. The molecule has 0 radical (unpaired) electrons. The molecule has 0 spiro atoms. The number of hydrogen-bond acceptors (Lipinski definition) is 0. The first kappa shape index (κ1) is 14.7. The van der Waals surface area contributed by atoms with Crippen molar-refractivity contribution in [1.82, 2.24) is 4.98 Å². The van der Waals surface area contributed by atoms with E-state index in [0.717, 1.165) is 6.42 Å². The van der Waals surface area contributed by atoms with Crippen LogP contribution >= 0.6 is 0 Å². The summed E-state index contributed by atoms with van der Waals surface area (Å²) in [4.78, 5) is 3.10. The van der Waals surface area contributed by atoms with Crippen LogP contribution in [-0.2, 0) is 0 Å². The molecule has 1 N–H and O–H groups in total. The van der Waals surface area contributed by atoms with E-state index in [0.29, 0.717) is 6.04 Å². The summed E-state index contributed by atoms with van der Waals surface area (Å²) < 4.78 is 2.28. The van der Waals surface area contributed by atoms with Crippen molar-refractivity contribution >= 4 is 0 Å². The summed E-state index contributed by atoms with van der Waals surface area (Å²) in [5.41, 5.74) is 0. The molecular weight excluding hydrogens is 299 g/mol. The Balaban J connectivity index is 0.00000196. The van der Waals surface area contributed by atoms with Gasteiger partial charge in [-0.2, -0.15) is 0 Å². The molecule has 2 nitrogen and oxygen atoms in total. The first-order valence-electron chi connectivity index (χ1n) is 5.53. The largest absolute Gasteiger partial charge is 1.00 e. The molecule has 1 heterocycles. The van der Waals surface area contributed by atoms with Crippen molar-refractivity contribution in [2.45, 2.75) is 45.1 Å². The van der Waals surface area contributed by atoms with Gasteiger partial charge in [-0.15, -0.1) is 6.58 Å². The van der Waals surface area contributed by atoms with E-state index in [4.69, 9.17) is 0 Å². The lowest BCUT2D eigenvalue weighted by atomic mass is 10.0. The molecule has 1 atom stereocenters. The number of nitrogens with one attached hydrogen (secondary N) is 1. The summed E-state index contributed by atoms with van der Waals surface area (Å²) in [5, 5.41) is 0. The van der Waals surface area contributed by atoms with Crippen molar-refractivity contribution in [2.75, 3.05) is 0 Å². The number of H-pyrrole nitrogens is 1. The van der Waals surface area contributed by atoms with Gasteiger partial charge in [-0.25, -0.2) is 4.57 Å². The number of imidazole rings is 1. The second-order valence-electron chi connectivity index (χ2n) is 3.72. The smallest absolute Gasteiger partial charge is 0.241 e. The molecule has 3 heteroatoms. The average Bonchev–Trinajstić information content (AvgIpc) is 2.70. The maximum absolute atomic E-state index is 3.75. The number of aromatic nitrogens is 2. The van der Waals surface area contributed by atoms with Crippen LogP contribution < -0.4 is 28.5 Å². The number of unbranched alkanes of at least 4 members (excludes halogenated alkanes) is 1. The standard InChI is InChI=1S/C12H20N2.HI/c1-3-5-6-8-12(7-4-2)14-10-9-13-11-14;/h3,9-12H,1,4-8H2,2H3;1H. The maximum atomic E-state index is 3.75. The van der Waals surface area contributed by atoms with Crippen molar-refractivity contribution in [3.8, 4) is 0 Å². The van der Waals surface area contributed by atoms with Gasteiger partial charge in [0.15, 0.2) is 0 Å². The predicted octanol–water partition coefficient (Wildman–Crippen LogP) is 0.00370. The maximum Gasteiger partial charge on any atom is 0.241 e. The van der Waals surface area contributed by atoms with E-state index in [1.54, 1.807) is 0 Å². The van der Waals surface area contributed by atoms with Crippen LogP contribution in [0.4, 0.5) is 0 Å². The van der Waals surface area contributed by atoms with Gasteiger partial charge in [0, 0.05) is 0 Å². The molecule has 0 saturated carbocycles. The highest BCUT2D eigenvalue weighted by Gasteiger charge is 2.13. The van der Waals surface area contributed by atoms with Crippen molar-refractivity contribution < 1.29 is 28.5 Å². The summed E-state index contributed by atoms with van der Waals surface area (Å²) in [6.07, 6.45) is 14.3. The van der Waals surface area contributed by atoms with Crippen LogP contribution in [0.3, 0.4) is 0 Å². The van der Waals surface area contributed by atoms with Crippen LogP contribution in [0, 0.1) is 0 Å². The average molecular weight is 320 g/mol. The SMILES string of the molecule is C=CCCCC(CCC)[n+]1cc[nH]c1.[I-]. The van der Waals surface area contributed by atoms with E-state index in [1.165, 1.54) is 25.7 Å². The summed E-state index contributed by atoms with van der Waals surface area (Å²) in [7, 11) is 0. The first-order valence-corrected chi connectivity index (χ1v) is 5.53. The topological polar surface area (TPSA) is 19.7 Å². The highest BCUT2D eigenvalue weighted by atomic mass is 127. The lowest BCUT2D eigenvalue weighted by molar-refractivity contribution is -0.723. The molecule has 0 aliphatic carbocycles. The molecule has 0 saturated heterocycles. The number of allylic oxidation sites excluding steroid dienone is 1. The van der Waals surface area contributed by atoms with Gasteiger partial charge in [0.05, 0.1) is 0 Å². The third-order valence-corrected chi connectivity index (χ3v) is 2.56. The van der Waals surface area contributed by atoms with Crippen LogP contribution in [0.1, 0.15) is 45.1 Å². The van der Waals surface area contributed by atoms with Crippen molar-refractivity contribution in [2.24, 2.45) is 0 Å². The number of aromatic amines is 1. The number of rotatable bonds is 7. The summed E-state index contributed by atoms with van der Waals surface area (Å²) in [6, 6.07) is 0.659. The zero-order chi connectivity index (χ0) is 10.2. The van der Waals surface area contributed by atoms with Gasteiger partial charge in [0.25, 0.3) is 0 Å². The molecular formula is C12H21IN2. The van der Waals surface area contributed by atoms with Crippen LogP contribution in [0.5, 0.6) is 0 Å². The number of hydrogen-bond donors (Lipinski definition) is 1. The lowest BCUT2D eigenvalue weighted by Gasteiger charge is -2.11. The van der Waals surface area contributed by atoms with Crippen molar-refractivity contribution in [3.05, 3.63) is 31.4 Å². The highest BCUT2D eigenvalue weighted by molar-refractivity contribution is 4.67. The molecule has 0 fully saturated rings. The Morgan fingerprint density at radius 3 is 2.80 bits per heavy atom. The van der Waals surface area contributed by atoms with Gasteiger partial charge in [0.2, 0.25) is 6.33 Å². The monoisotopic (exact) mass is 320 g/mol. The van der Waals surface area contributed by atoms with Crippen molar-refractivity contribution in [3.63, 3.8) is 0 Å². The fourth-order valence-electron chi connectivity index (χ4n) is 1.80. The third-order valence-electron chi connectivity index (χ3n) is 2.56. The Morgan fingerprint density at radius 1 is 1.47 bits per heavy atom. The summed E-state index contributed by atoms with van der Waals surface area (Å²) >= 11 is 0. The van der Waals surface area contributed by atoms with Gasteiger partial charge in [-0.1, -0.05) is 19.4 Å². The zero-order valence-corrected chi connectivity index (χ0v) is 11.6. The Labute approximate surface area is 110 Å². The Kier molecular flexibility index (Phi) is 8.76. The van der Waals surface area contributed by atoms with Gasteiger partial charge in [-0.05, 0) is 25.7 Å². The molecule has 0 bridgehead atoms. The Morgan fingerprint density at radius 2 is 2.27 bits per heavy atom. The molecule has 1 unspecified atom stereocenters. The highest BCUT2D eigenvalue weighted by Crippen LogP contribution is 2.14. The fourth-order valence-corrected chi connectivity index (χ4v) is 1.80. The van der Waals surface area contributed by atoms with E-state index < -0.39 is 0 Å². The van der Waals surface area contributed by atoms with Gasteiger partial charge >= 0.3 is 0 Å².